The van der Waals surface area contributed by atoms with Gasteiger partial charge in [0, 0.05) is 6.54 Å². The summed E-state index contributed by atoms with van der Waals surface area (Å²) < 4.78 is 0. The number of aliphatic hydroxyl groups is 2. The van der Waals surface area contributed by atoms with E-state index in [1.165, 1.54) is 0 Å². The van der Waals surface area contributed by atoms with Crippen LogP contribution in [0.15, 0.2) is 0 Å². The van der Waals surface area contributed by atoms with Crippen LogP contribution in [0, 0.1) is 5.41 Å². The van der Waals surface area contributed by atoms with Crippen LogP contribution in [-0.4, -0.2) is 41.0 Å². The quantitative estimate of drug-likeness (QED) is 0.543. The first-order valence-electron chi connectivity index (χ1n) is 6.99. The summed E-state index contributed by atoms with van der Waals surface area (Å²) in [6.45, 7) is 9.99. The minimum Gasteiger partial charge on any atom is -0.394 e. The fourth-order valence-corrected chi connectivity index (χ4v) is 2.24. The molecule has 0 aliphatic carbocycles. The number of rotatable bonds is 8. The van der Waals surface area contributed by atoms with E-state index in [-0.39, 0.29) is 24.2 Å². The molecule has 2 atom stereocenters. The van der Waals surface area contributed by atoms with Gasteiger partial charge in [-0.3, -0.25) is 0 Å². The number of nitrogens with one attached hydrogen (secondary N) is 2. The molecule has 5 nitrogen and oxygen atoms in total. The molecule has 19 heavy (non-hydrogen) atoms. The highest BCUT2D eigenvalue weighted by molar-refractivity contribution is 5.74. The average Bonchev–Trinajstić information content (AvgIpc) is 2.25. The molecule has 0 saturated heterocycles. The lowest BCUT2D eigenvalue weighted by Crippen LogP contribution is -2.53. The molecule has 0 aliphatic rings. The molecule has 2 unspecified atom stereocenters. The molecular formula is C14H30N2O3. The van der Waals surface area contributed by atoms with Crippen molar-refractivity contribution < 1.29 is 15.0 Å². The third-order valence-electron chi connectivity index (χ3n) is 3.14. The molecule has 0 aromatic rings. The van der Waals surface area contributed by atoms with Gasteiger partial charge >= 0.3 is 6.03 Å². The van der Waals surface area contributed by atoms with E-state index in [2.05, 4.69) is 10.6 Å². The van der Waals surface area contributed by atoms with Crippen LogP contribution in [0.25, 0.3) is 0 Å². The van der Waals surface area contributed by atoms with Crippen molar-refractivity contribution in [3.63, 3.8) is 0 Å². The van der Waals surface area contributed by atoms with Gasteiger partial charge in [-0.15, -0.1) is 0 Å². The molecule has 0 radical (unpaired) electrons. The monoisotopic (exact) mass is 274 g/mol. The maximum absolute atomic E-state index is 11.8. The van der Waals surface area contributed by atoms with E-state index < -0.39 is 5.54 Å². The second-order valence-electron chi connectivity index (χ2n) is 6.49. The Bertz CT molecular complexity index is 280. The van der Waals surface area contributed by atoms with Crippen LogP contribution in [0.5, 0.6) is 0 Å². The van der Waals surface area contributed by atoms with Gasteiger partial charge in [0.05, 0.1) is 18.2 Å². The summed E-state index contributed by atoms with van der Waals surface area (Å²) in [6, 6.07) is -0.274. The lowest BCUT2D eigenvalue weighted by Gasteiger charge is -2.30. The van der Waals surface area contributed by atoms with Crippen molar-refractivity contribution >= 4 is 6.03 Å². The molecule has 0 aromatic carbocycles. The fraction of sp³-hybridized carbons (Fsp3) is 0.929. The van der Waals surface area contributed by atoms with E-state index >= 15 is 0 Å². The highest BCUT2D eigenvalue weighted by atomic mass is 16.3. The number of amides is 2. The standard InChI is InChI=1S/C14H30N2O3/c1-6-7-14(5,10-17)16-12(19)15-9-13(3,4)8-11(2)18/h11,17-18H,6-10H2,1-5H3,(H2,15,16,19). The van der Waals surface area contributed by atoms with Crippen LogP contribution >= 0.6 is 0 Å². The van der Waals surface area contributed by atoms with Gasteiger partial charge in [0.15, 0.2) is 0 Å². The van der Waals surface area contributed by atoms with Crippen LogP contribution in [0.3, 0.4) is 0 Å². The Morgan fingerprint density at radius 3 is 2.32 bits per heavy atom. The third kappa shape index (κ3) is 8.06. The average molecular weight is 274 g/mol. The number of hydrogen-bond acceptors (Lipinski definition) is 3. The van der Waals surface area contributed by atoms with Crippen LogP contribution in [0.1, 0.15) is 53.9 Å². The summed E-state index contributed by atoms with van der Waals surface area (Å²) in [6.07, 6.45) is 1.86. The molecule has 0 aliphatic heterocycles. The predicted octanol–water partition coefficient (Wildman–Crippen LogP) is 1.63. The van der Waals surface area contributed by atoms with Gasteiger partial charge in [0.25, 0.3) is 0 Å². The number of aliphatic hydroxyl groups excluding tert-OH is 2. The van der Waals surface area contributed by atoms with Crippen molar-refractivity contribution in [2.24, 2.45) is 5.41 Å². The van der Waals surface area contributed by atoms with E-state index in [4.69, 9.17) is 0 Å². The molecule has 0 saturated carbocycles. The van der Waals surface area contributed by atoms with Gasteiger partial charge < -0.3 is 20.8 Å². The Morgan fingerprint density at radius 1 is 1.32 bits per heavy atom. The highest BCUT2D eigenvalue weighted by Crippen LogP contribution is 2.21. The molecule has 0 bridgehead atoms. The molecular weight excluding hydrogens is 244 g/mol. The first-order valence-corrected chi connectivity index (χ1v) is 6.99. The Balaban J connectivity index is 4.24. The Labute approximate surface area is 116 Å². The number of carbonyl (C=O) groups is 1. The van der Waals surface area contributed by atoms with Gasteiger partial charge in [-0.1, -0.05) is 27.2 Å². The minimum atomic E-state index is -0.576. The second kappa shape index (κ2) is 7.70. The van der Waals surface area contributed by atoms with Gasteiger partial charge in [0.2, 0.25) is 0 Å². The second-order valence-corrected chi connectivity index (χ2v) is 6.49. The third-order valence-corrected chi connectivity index (χ3v) is 3.14. The zero-order valence-corrected chi connectivity index (χ0v) is 12.9. The zero-order chi connectivity index (χ0) is 15.1. The minimum absolute atomic E-state index is 0.0780. The summed E-state index contributed by atoms with van der Waals surface area (Å²) >= 11 is 0. The lowest BCUT2D eigenvalue weighted by molar-refractivity contribution is 0.127. The molecule has 114 valence electrons. The highest BCUT2D eigenvalue weighted by Gasteiger charge is 2.26. The van der Waals surface area contributed by atoms with Crippen molar-refractivity contribution in [2.75, 3.05) is 13.2 Å². The van der Waals surface area contributed by atoms with E-state index in [0.29, 0.717) is 13.0 Å². The van der Waals surface area contributed by atoms with Gasteiger partial charge in [-0.25, -0.2) is 4.79 Å². The van der Waals surface area contributed by atoms with Crippen LogP contribution in [0.4, 0.5) is 4.79 Å². The molecule has 2 amide bonds. The summed E-state index contributed by atoms with van der Waals surface area (Å²) in [5.74, 6) is 0. The lowest BCUT2D eigenvalue weighted by atomic mass is 9.87. The van der Waals surface area contributed by atoms with Crippen LogP contribution in [0.2, 0.25) is 0 Å². The molecule has 0 spiro atoms. The SMILES string of the molecule is CCCC(C)(CO)NC(=O)NCC(C)(C)CC(C)O. The van der Waals surface area contributed by atoms with E-state index in [1.807, 2.05) is 27.7 Å². The molecule has 4 N–H and O–H groups in total. The molecule has 0 fully saturated rings. The molecule has 0 rings (SSSR count). The van der Waals surface area contributed by atoms with E-state index in [0.717, 1.165) is 12.8 Å². The Hall–Kier alpha value is -0.810. The molecule has 0 aromatic heterocycles. The number of urea groups is 1. The number of carbonyl (C=O) groups excluding carboxylic acids is 1. The van der Waals surface area contributed by atoms with Gasteiger partial charge in [-0.05, 0) is 32.1 Å². The van der Waals surface area contributed by atoms with Crippen molar-refractivity contribution in [2.45, 2.75) is 65.5 Å². The maximum atomic E-state index is 11.8. The van der Waals surface area contributed by atoms with E-state index in [1.54, 1.807) is 6.92 Å². The van der Waals surface area contributed by atoms with Crippen molar-refractivity contribution in [3.8, 4) is 0 Å². The topological polar surface area (TPSA) is 81.6 Å². The molecule has 5 heteroatoms. The largest absolute Gasteiger partial charge is 0.394 e. The molecule has 0 heterocycles. The smallest absolute Gasteiger partial charge is 0.315 e. The van der Waals surface area contributed by atoms with Crippen molar-refractivity contribution in [1.29, 1.82) is 0 Å². The van der Waals surface area contributed by atoms with Gasteiger partial charge in [0.1, 0.15) is 0 Å². The Morgan fingerprint density at radius 2 is 1.89 bits per heavy atom. The Kier molecular flexibility index (Phi) is 7.37. The summed E-state index contributed by atoms with van der Waals surface area (Å²) in [4.78, 5) is 11.8. The zero-order valence-electron chi connectivity index (χ0n) is 12.9. The predicted molar refractivity (Wildman–Crippen MR) is 77.0 cm³/mol. The summed E-state index contributed by atoms with van der Waals surface area (Å²) in [5, 5.41) is 24.3. The first-order chi connectivity index (χ1) is 8.64. The van der Waals surface area contributed by atoms with Gasteiger partial charge in [-0.2, -0.15) is 0 Å². The fourth-order valence-electron chi connectivity index (χ4n) is 2.24. The first kappa shape index (κ1) is 18.2. The van der Waals surface area contributed by atoms with Crippen LogP contribution < -0.4 is 10.6 Å². The van der Waals surface area contributed by atoms with Crippen LogP contribution in [-0.2, 0) is 0 Å². The number of hydrogen-bond donors (Lipinski definition) is 4. The summed E-state index contributed by atoms with van der Waals surface area (Å²) in [7, 11) is 0. The van der Waals surface area contributed by atoms with E-state index in [9.17, 15) is 15.0 Å². The van der Waals surface area contributed by atoms with Crippen molar-refractivity contribution in [3.05, 3.63) is 0 Å². The summed E-state index contributed by atoms with van der Waals surface area (Å²) in [5.41, 5.74) is -0.737. The maximum Gasteiger partial charge on any atom is 0.315 e. The van der Waals surface area contributed by atoms with Crippen molar-refractivity contribution in [1.82, 2.24) is 10.6 Å². The normalized spacial score (nSPS) is 16.6.